The molecule has 1 aromatic carbocycles. The molecule has 0 bridgehead atoms. The molecule has 2 nitrogen and oxygen atoms in total. The van der Waals surface area contributed by atoms with E-state index < -0.39 is 0 Å². The van der Waals surface area contributed by atoms with Gasteiger partial charge in [-0.05, 0) is 56.8 Å². The van der Waals surface area contributed by atoms with Gasteiger partial charge in [-0.25, -0.2) is 0 Å². The van der Waals surface area contributed by atoms with Gasteiger partial charge in [-0.1, -0.05) is 19.1 Å². The van der Waals surface area contributed by atoms with Crippen molar-refractivity contribution in [1.82, 2.24) is 5.32 Å². The molecule has 1 unspecified atom stereocenters. The molecule has 1 atom stereocenters. The summed E-state index contributed by atoms with van der Waals surface area (Å²) in [4.78, 5) is 0. The SMILES string of the molecule is CCNC(c1ccc(OC(C)C)cc1)C1CC1. The van der Waals surface area contributed by atoms with E-state index in [1.54, 1.807) is 0 Å². The lowest BCUT2D eigenvalue weighted by molar-refractivity contribution is 0.242. The van der Waals surface area contributed by atoms with Gasteiger partial charge in [0.2, 0.25) is 0 Å². The summed E-state index contributed by atoms with van der Waals surface area (Å²) in [5.74, 6) is 1.81. The van der Waals surface area contributed by atoms with Crippen molar-refractivity contribution in [2.75, 3.05) is 6.54 Å². The van der Waals surface area contributed by atoms with Crippen LogP contribution in [0.25, 0.3) is 0 Å². The van der Waals surface area contributed by atoms with Gasteiger partial charge in [-0.3, -0.25) is 0 Å². The highest BCUT2D eigenvalue weighted by Gasteiger charge is 2.31. The van der Waals surface area contributed by atoms with Gasteiger partial charge < -0.3 is 10.1 Å². The van der Waals surface area contributed by atoms with Crippen LogP contribution < -0.4 is 10.1 Å². The van der Waals surface area contributed by atoms with Crippen molar-refractivity contribution in [2.24, 2.45) is 5.92 Å². The highest BCUT2D eigenvalue weighted by Crippen LogP contribution is 2.41. The third-order valence-electron chi connectivity index (χ3n) is 3.13. The van der Waals surface area contributed by atoms with Crippen LogP contribution in [0.5, 0.6) is 5.75 Å². The van der Waals surface area contributed by atoms with Crippen molar-refractivity contribution < 1.29 is 4.74 Å². The third kappa shape index (κ3) is 3.47. The maximum absolute atomic E-state index is 5.66. The minimum atomic E-state index is 0.244. The van der Waals surface area contributed by atoms with E-state index in [1.165, 1.54) is 18.4 Å². The average Bonchev–Trinajstić information content (AvgIpc) is 3.10. The fraction of sp³-hybridized carbons (Fsp3) is 0.600. The van der Waals surface area contributed by atoms with Gasteiger partial charge in [0.15, 0.2) is 0 Å². The summed E-state index contributed by atoms with van der Waals surface area (Å²) in [5, 5.41) is 3.58. The van der Waals surface area contributed by atoms with Crippen molar-refractivity contribution >= 4 is 0 Å². The zero-order valence-electron chi connectivity index (χ0n) is 11.1. The smallest absolute Gasteiger partial charge is 0.119 e. The van der Waals surface area contributed by atoms with Crippen molar-refractivity contribution in [1.29, 1.82) is 0 Å². The van der Waals surface area contributed by atoms with Crippen molar-refractivity contribution in [2.45, 2.75) is 45.8 Å². The molecule has 2 rings (SSSR count). The van der Waals surface area contributed by atoms with E-state index in [-0.39, 0.29) is 6.10 Å². The van der Waals surface area contributed by atoms with Crippen LogP contribution in [0, 0.1) is 5.92 Å². The molecule has 1 N–H and O–H groups in total. The van der Waals surface area contributed by atoms with Crippen LogP contribution in [0.3, 0.4) is 0 Å². The molecule has 0 amide bonds. The zero-order valence-corrected chi connectivity index (χ0v) is 11.1. The Morgan fingerprint density at radius 2 is 1.88 bits per heavy atom. The number of hydrogen-bond acceptors (Lipinski definition) is 2. The summed E-state index contributed by atoms with van der Waals surface area (Å²) in [7, 11) is 0. The summed E-state index contributed by atoms with van der Waals surface area (Å²) in [6.07, 6.45) is 2.97. The molecule has 2 heteroatoms. The molecule has 1 saturated carbocycles. The first kappa shape index (κ1) is 12.4. The summed E-state index contributed by atoms with van der Waals surface area (Å²) >= 11 is 0. The fourth-order valence-electron chi connectivity index (χ4n) is 2.23. The molecule has 0 aromatic heterocycles. The summed E-state index contributed by atoms with van der Waals surface area (Å²) in [5.41, 5.74) is 1.39. The van der Waals surface area contributed by atoms with Crippen molar-refractivity contribution in [3.8, 4) is 5.75 Å². The number of benzene rings is 1. The molecule has 0 spiro atoms. The molecule has 1 aliphatic carbocycles. The van der Waals surface area contributed by atoms with E-state index >= 15 is 0 Å². The number of ether oxygens (including phenoxy) is 1. The maximum Gasteiger partial charge on any atom is 0.119 e. The predicted molar refractivity (Wildman–Crippen MR) is 71.3 cm³/mol. The Kier molecular flexibility index (Phi) is 4.06. The zero-order chi connectivity index (χ0) is 12.3. The van der Waals surface area contributed by atoms with E-state index in [0.29, 0.717) is 6.04 Å². The van der Waals surface area contributed by atoms with Gasteiger partial charge in [0.25, 0.3) is 0 Å². The molecular weight excluding hydrogens is 210 g/mol. The Hall–Kier alpha value is -1.02. The van der Waals surface area contributed by atoms with Crippen LogP contribution in [0.1, 0.15) is 45.2 Å². The Bertz CT molecular complexity index is 340. The molecule has 0 saturated heterocycles. The Balaban J connectivity index is 2.04. The van der Waals surface area contributed by atoms with Gasteiger partial charge in [-0.15, -0.1) is 0 Å². The monoisotopic (exact) mass is 233 g/mol. The lowest BCUT2D eigenvalue weighted by atomic mass is 10.0. The van der Waals surface area contributed by atoms with Crippen LogP contribution in [-0.4, -0.2) is 12.6 Å². The second kappa shape index (κ2) is 5.54. The quantitative estimate of drug-likeness (QED) is 0.811. The van der Waals surface area contributed by atoms with Gasteiger partial charge in [0.1, 0.15) is 5.75 Å². The van der Waals surface area contributed by atoms with E-state index in [1.807, 2.05) is 0 Å². The van der Waals surface area contributed by atoms with E-state index in [0.717, 1.165) is 18.2 Å². The van der Waals surface area contributed by atoms with Crippen molar-refractivity contribution in [3.63, 3.8) is 0 Å². The summed E-state index contributed by atoms with van der Waals surface area (Å²) < 4.78 is 5.66. The van der Waals surface area contributed by atoms with Crippen LogP contribution >= 0.6 is 0 Å². The van der Waals surface area contributed by atoms with Crippen LogP contribution in [0.15, 0.2) is 24.3 Å². The summed E-state index contributed by atoms with van der Waals surface area (Å²) in [6, 6.07) is 9.10. The molecule has 1 aliphatic rings. The largest absolute Gasteiger partial charge is 0.491 e. The lowest BCUT2D eigenvalue weighted by Crippen LogP contribution is -2.22. The average molecular weight is 233 g/mol. The molecule has 0 radical (unpaired) electrons. The minimum absolute atomic E-state index is 0.244. The Labute approximate surface area is 104 Å². The second-order valence-corrected chi connectivity index (χ2v) is 5.11. The van der Waals surface area contributed by atoms with Gasteiger partial charge in [0.05, 0.1) is 6.10 Å². The molecule has 1 aromatic rings. The standard InChI is InChI=1S/C15H23NO/c1-4-16-15(12-5-6-12)13-7-9-14(10-8-13)17-11(2)3/h7-12,15-16H,4-6H2,1-3H3. The van der Waals surface area contributed by atoms with Crippen LogP contribution in [0.2, 0.25) is 0 Å². The Morgan fingerprint density at radius 3 is 2.35 bits per heavy atom. The molecule has 0 aliphatic heterocycles. The number of rotatable bonds is 6. The normalized spacial score (nSPS) is 17.2. The first-order valence-corrected chi connectivity index (χ1v) is 6.70. The van der Waals surface area contributed by atoms with E-state index in [9.17, 15) is 0 Å². The van der Waals surface area contributed by atoms with E-state index in [4.69, 9.17) is 4.74 Å². The highest BCUT2D eigenvalue weighted by atomic mass is 16.5. The topological polar surface area (TPSA) is 21.3 Å². The van der Waals surface area contributed by atoms with Gasteiger partial charge in [-0.2, -0.15) is 0 Å². The predicted octanol–water partition coefficient (Wildman–Crippen LogP) is 3.53. The molecule has 0 heterocycles. The maximum atomic E-state index is 5.66. The molecule has 1 fully saturated rings. The van der Waals surface area contributed by atoms with E-state index in [2.05, 4.69) is 50.4 Å². The van der Waals surface area contributed by atoms with Gasteiger partial charge >= 0.3 is 0 Å². The first-order valence-electron chi connectivity index (χ1n) is 6.70. The summed E-state index contributed by atoms with van der Waals surface area (Å²) in [6.45, 7) is 7.32. The number of nitrogens with one attached hydrogen (secondary N) is 1. The minimum Gasteiger partial charge on any atom is -0.491 e. The second-order valence-electron chi connectivity index (χ2n) is 5.11. The molecular formula is C15H23NO. The van der Waals surface area contributed by atoms with Crippen LogP contribution in [-0.2, 0) is 0 Å². The lowest BCUT2D eigenvalue weighted by Gasteiger charge is -2.18. The van der Waals surface area contributed by atoms with Crippen molar-refractivity contribution in [3.05, 3.63) is 29.8 Å². The first-order chi connectivity index (χ1) is 8.20. The molecule has 17 heavy (non-hydrogen) atoms. The number of hydrogen-bond donors (Lipinski definition) is 1. The molecule has 94 valence electrons. The van der Waals surface area contributed by atoms with Gasteiger partial charge in [0, 0.05) is 6.04 Å². The Morgan fingerprint density at radius 1 is 1.24 bits per heavy atom. The van der Waals surface area contributed by atoms with Crippen LogP contribution in [0.4, 0.5) is 0 Å². The highest BCUT2D eigenvalue weighted by molar-refractivity contribution is 5.30. The third-order valence-corrected chi connectivity index (χ3v) is 3.13. The fourth-order valence-corrected chi connectivity index (χ4v) is 2.23.